The lowest BCUT2D eigenvalue weighted by molar-refractivity contribution is 0.0728. The van der Waals surface area contributed by atoms with E-state index in [-0.39, 0.29) is 24.1 Å². The molecule has 26 heavy (non-hydrogen) atoms. The van der Waals surface area contributed by atoms with Crippen LogP contribution in [0, 0.1) is 6.92 Å². The van der Waals surface area contributed by atoms with Crippen molar-refractivity contribution in [3.8, 4) is 0 Å². The first-order chi connectivity index (χ1) is 12.6. The Morgan fingerprint density at radius 2 is 2.31 bits per heavy atom. The van der Waals surface area contributed by atoms with Crippen LogP contribution in [0.4, 0.5) is 0 Å². The fourth-order valence-electron chi connectivity index (χ4n) is 3.12. The first-order valence-corrected chi connectivity index (χ1v) is 8.14. The van der Waals surface area contributed by atoms with Gasteiger partial charge in [-0.3, -0.25) is 9.59 Å². The highest BCUT2D eigenvalue weighted by Gasteiger charge is 2.35. The van der Waals surface area contributed by atoms with Crippen molar-refractivity contribution in [3.63, 3.8) is 0 Å². The van der Waals surface area contributed by atoms with Gasteiger partial charge in [-0.15, -0.1) is 0 Å². The number of aryl methyl sites for hydroxylation is 1. The van der Waals surface area contributed by atoms with Crippen LogP contribution in [-0.4, -0.2) is 52.4 Å². The molecule has 1 amide bonds. The number of carbonyl (C=O) groups excluding carboxylic acids is 1. The largest absolute Gasteiger partial charge is 0.330 e. The fourth-order valence-corrected chi connectivity index (χ4v) is 3.12. The van der Waals surface area contributed by atoms with E-state index in [0.717, 1.165) is 12.8 Å². The Balaban J connectivity index is 1.58. The number of H-pyrrole nitrogens is 1. The molecule has 3 aromatic heterocycles. The standard InChI is InChI=1S/C15H16N8O3/c1-9-13(21-26-20-9)11-3-2-4-23(11)15(25)10-5-17-12(19-14(10)24)6-22-8-16-7-18-22/h5,7-8,11H,2-4,6H2,1H3,(H,17,19,24). The predicted octanol–water partition coefficient (Wildman–Crippen LogP) is 0.0784. The van der Waals surface area contributed by atoms with E-state index in [9.17, 15) is 9.59 Å². The summed E-state index contributed by atoms with van der Waals surface area (Å²) in [5, 5.41) is 11.6. The van der Waals surface area contributed by atoms with Crippen LogP contribution in [0.25, 0.3) is 0 Å². The van der Waals surface area contributed by atoms with E-state index in [1.165, 1.54) is 23.5 Å². The molecule has 1 aliphatic rings. The number of rotatable bonds is 4. The molecule has 0 radical (unpaired) electrons. The SMILES string of the molecule is Cc1nonc1C1CCCN1C(=O)c1cnc(Cn2cncn2)[nH]c1=O. The number of hydrogen-bond acceptors (Lipinski definition) is 8. The molecule has 0 saturated carbocycles. The van der Waals surface area contributed by atoms with E-state index >= 15 is 0 Å². The minimum atomic E-state index is -0.485. The number of amides is 1. The van der Waals surface area contributed by atoms with Crippen LogP contribution < -0.4 is 5.56 Å². The zero-order chi connectivity index (χ0) is 18.1. The smallest absolute Gasteiger partial charge is 0.263 e. The molecule has 0 aliphatic carbocycles. The number of likely N-dealkylation sites (tertiary alicyclic amines) is 1. The van der Waals surface area contributed by atoms with Crippen LogP contribution in [0.5, 0.6) is 0 Å². The second kappa shape index (κ2) is 6.50. The Bertz CT molecular complexity index is 977. The predicted molar refractivity (Wildman–Crippen MR) is 86.0 cm³/mol. The normalized spacial score (nSPS) is 17.0. The molecule has 1 unspecified atom stereocenters. The molecular formula is C15H16N8O3. The minimum Gasteiger partial charge on any atom is -0.330 e. The average molecular weight is 356 g/mol. The summed E-state index contributed by atoms with van der Waals surface area (Å²) in [6, 6.07) is -0.247. The Hall–Kier alpha value is -3.37. The number of carbonyl (C=O) groups is 1. The van der Waals surface area contributed by atoms with Crippen LogP contribution in [0.2, 0.25) is 0 Å². The lowest BCUT2D eigenvalue weighted by atomic mass is 10.1. The summed E-state index contributed by atoms with van der Waals surface area (Å²) >= 11 is 0. The van der Waals surface area contributed by atoms with Gasteiger partial charge in [-0.05, 0) is 19.8 Å². The highest BCUT2D eigenvalue weighted by atomic mass is 16.6. The molecule has 0 bridgehead atoms. The van der Waals surface area contributed by atoms with Crippen molar-refractivity contribution in [2.24, 2.45) is 0 Å². The molecule has 4 rings (SSSR count). The van der Waals surface area contributed by atoms with E-state index in [4.69, 9.17) is 4.63 Å². The Kier molecular flexibility index (Phi) is 4.03. The topological polar surface area (TPSA) is 136 Å². The first-order valence-electron chi connectivity index (χ1n) is 8.14. The van der Waals surface area contributed by atoms with Crippen molar-refractivity contribution >= 4 is 5.91 Å². The van der Waals surface area contributed by atoms with Gasteiger partial charge in [-0.25, -0.2) is 19.3 Å². The highest BCUT2D eigenvalue weighted by Crippen LogP contribution is 2.32. The van der Waals surface area contributed by atoms with E-state index in [0.29, 0.717) is 23.8 Å². The van der Waals surface area contributed by atoms with Crippen molar-refractivity contribution in [3.05, 3.63) is 52.0 Å². The summed E-state index contributed by atoms with van der Waals surface area (Å²) < 4.78 is 6.27. The molecule has 1 aliphatic heterocycles. The maximum absolute atomic E-state index is 12.9. The summed E-state index contributed by atoms with van der Waals surface area (Å²) in [5.41, 5.74) is 0.780. The lowest BCUT2D eigenvalue weighted by Crippen LogP contribution is -2.35. The second-order valence-electron chi connectivity index (χ2n) is 6.06. The summed E-state index contributed by atoms with van der Waals surface area (Å²) in [7, 11) is 0. The van der Waals surface area contributed by atoms with Gasteiger partial charge in [0, 0.05) is 12.7 Å². The summed E-state index contributed by atoms with van der Waals surface area (Å²) in [5.74, 6) is 0.0162. The summed E-state index contributed by atoms with van der Waals surface area (Å²) in [6.45, 7) is 2.58. The maximum atomic E-state index is 12.9. The van der Waals surface area contributed by atoms with Crippen LogP contribution in [0.3, 0.4) is 0 Å². The Morgan fingerprint density at radius 1 is 1.42 bits per heavy atom. The number of nitrogens with one attached hydrogen (secondary N) is 1. The van der Waals surface area contributed by atoms with E-state index < -0.39 is 5.56 Å². The molecule has 1 fully saturated rings. The quantitative estimate of drug-likeness (QED) is 0.694. The molecule has 0 spiro atoms. The molecule has 1 atom stereocenters. The van der Waals surface area contributed by atoms with Gasteiger partial charge >= 0.3 is 0 Å². The zero-order valence-corrected chi connectivity index (χ0v) is 14.0. The van der Waals surface area contributed by atoms with Gasteiger partial charge in [-0.1, -0.05) is 10.3 Å². The van der Waals surface area contributed by atoms with Gasteiger partial charge in [0.2, 0.25) is 0 Å². The third-order valence-electron chi connectivity index (χ3n) is 4.38. The van der Waals surface area contributed by atoms with Gasteiger partial charge in [0.1, 0.15) is 42.0 Å². The Labute approximate surface area is 147 Å². The molecule has 0 aromatic carbocycles. The molecular weight excluding hydrogens is 340 g/mol. The number of hydrogen-bond donors (Lipinski definition) is 1. The van der Waals surface area contributed by atoms with Crippen molar-refractivity contribution < 1.29 is 9.42 Å². The van der Waals surface area contributed by atoms with Crippen molar-refractivity contribution in [1.82, 2.24) is 39.9 Å². The highest BCUT2D eigenvalue weighted by molar-refractivity contribution is 5.94. The average Bonchev–Trinajstić information content (AvgIpc) is 3.35. The van der Waals surface area contributed by atoms with Crippen molar-refractivity contribution in [2.75, 3.05) is 6.54 Å². The van der Waals surface area contributed by atoms with Crippen molar-refractivity contribution in [2.45, 2.75) is 32.4 Å². The minimum absolute atomic E-state index is 0.00616. The lowest BCUT2D eigenvalue weighted by Gasteiger charge is -2.22. The number of aromatic nitrogens is 7. The van der Waals surface area contributed by atoms with E-state index in [1.807, 2.05) is 0 Å². The molecule has 11 nitrogen and oxygen atoms in total. The molecule has 3 aromatic rings. The number of aromatic amines is 1. The van der Waals surface area contributed by atoms with E-state index in [2.05, 4.69) is 30.4 Å². The molecule has 4 heterocycles. The van der Waals surface area contributed by atoms with Gasteiger partial charge in [0.05, 0.1) is 6.04 Å². The summed E-state index contributed by atoms with van der Waals surface area (Å²) in [4.78, 5) is 37.5. The third kappa shape index (κ3) is 2.87. The van der Waals surface area contributed by atoms with Crippen molar-refractivity contribution in [1.29, 1.82) is 0 Å². The Morgan fingerprint density at radius 3 is 3.00 bits per heavy atom. The maximum Gasteiger partial charge on any atom is 0.263 e. The summed E-state index contributed by atoms with van der Waals surface area (Å²) in [6.07, 6.45) is 5.78. The molecule has 11 heteroatoms. The van der Waals surface area contributed by atoms with E-state index in [1.54, 1.807) is 11.8 Å². The van der Waals surface area contributed by atoms with Gasteiger partial charge in [0.15, 0.2) is 0 Å². The zero-order valence-electron chi connectivity index (χ0n) is 14.0. The van der Waals surface area contributed by atoms with Crippen LogP contribution >= 0.6 is 0 Å². The molecule has 1 saturated heterocycles. The van der Waals surface area contributed by atoms with Crippen LogP contribution in [0.1, 0.15) is 46.5 Å². The van der Waals surface area contributed by atoms with Crippen LogP contribution in [0.15, 0.2) is 28.3 Å². The van der Waals surface area contributed by atoms with Gasteiger partial charge in [-0.2, -0.15) is 5.10 Å². The third-order valence-corrected chi connectivity index (χ3v) is 4.38. The molecule has 134 valence electrons. The number of nitrogens with zero attached hydrogens (tertiary/aromatic N) is 7. The fraction of sp³-hybridized carbons (Fsp3) is 0.400. The van der Waals surface area contributed by atoms with Crippen LogP contribution in [-0.2, 0) is 6.54 Å². The molecule has 1 N–H and O–H groups in total. The first kappa shape index (κ1) is 16.1. The second-order valence-corrected chi connectivity index (χ2v) is 6.06. The monoisotopic (exact) mass is 356 g/mol. The van der Waals surface area contributed by atoms with Gasteiger partial charge in [0.25, 0.3) is 11.5 Å². The van der Waals surface area contributed by atoms with Gasteiger partial charge < -0.3 is 9.88 Å².